The van der Waals surface area contributed by atoms with Gasteiger partial charge >= 0.3 is 0 Å². The Labute approximate surface area is 98.6 Å². The highest BCUT2D eigenvalue weighted by molar-refractivity contribution is 5.48. The quantitative estimate of drug-likeness (QED) is 0.740. The number of hydrogen-bond acceptors (Lipinski definition) is 1. The molecule has 0 aromatic heterocycles. The first kappa shape index (κ1) is 11.3. The van der Waals surface area contributed by atoms with Crippen LogP contribution in [0, 0.1) is 0 Å². The van der Waals surface area contributed by atoms with Crippen LogP contribution in [0.15, 0.2) is 36.4 Å². The smallest absolute Gasteiger partial charge is 0.0444 e. The van der Waals surface area contributed by atoms with Crippen LogP contribution in [0.2, 0.25) is 0 Å². The van der Waals surface area contributed by atoms with Crippen LogP contribution in [-0.4, -0.2) is 6.04 Å². The summed E-state index contributed by atoms with van der Waals surface area (Å²) in [4.78, 5) is 0. The van der Waals surface area contributed by atoms with Crippen LogP contribution in [0.3, 0.4) is 0 Å². The topological polar surface area (TPSA) is 12.0 Å². The Kier molecular flexibility index (Phi) is 3.66. The summed E-state index contributed by atoms with van der Waals surface area (Å²) in [5, 5.41) is 3.59. The molecular formula is C15H21N. The van der Waals surface area contributed by atoms with E-state index in [2.05, 4.69) is 55.6 Å². The third-order valence-electron chi connectivity index (χ3n) is 3.16. The Morgan fingerprint density at radius 2 is 2.19 bits per heavy atom. The monoisotopic (exact) mass is 215 g/mol. The van der Waals surface area contributed by atoms with Crippen LogP contribution in [0.25, 0.3) is 0 Å². The van der Waals surface area contributed by atoms with Crippen LogP contribution in [0.5, 0.6) is 0 Å². The SMILES string of the molecule is CC(C)c1cccc(NC2C=CCCC2)c1. The average Bonchev–Trinajstić information content (AvgIpc) is 2.30. The third kappa shape index (κ3) is 2.88. The van der Waals surface area contributed by atoms with Crippen molar-refractivity contribution in [2.45, 2.75) is 45.1 Å². The van der Waals surface area contributed by atoms with Crippen LogP contribution >= 0.6 is 0 Å². The van der Waals surface area contributed by atoms with Crippen LogP contribution in [-0.2, 0) is 0 Å². The van der Waals surface area contributed by atoms with Crippen molar-refractivity contribution in [3.05, 3.63) is 42.0 Å². The van der Waals surface area contributed by atoms with Crippen molar-refractivity contribution in [1.29, 1.82) is 0 Å². The van der Waals surface area contributed by atoms with Gasteiger partial charge in [-0.15, -0.1) is 0 Å². The molecule has 86 valence electrons. The van der Waals surface area contributed by atoms with Gasteiger partial charge in [-0.05, 0) is 42.9 Å². The molecule has 2 rings (SSSR count). The van der Waals surface area contributed by atoms with Crippen LogP contribution in [0.1, 0.15) is 44.6 Å². The zero-order valence-electron chi connectivity index (χ0n) is 10.2. The molecule has 0 saturated carbocycles. The largest absolute Gasteiger partial charge is 0.379 e. The molecule has 0 heterocycles. The van der Waals surface area contributed by atoms with Gasteiger partial charge in [0.15, 0.2) is 0 Å². The second-order valence-corrected chi connectivity index (χ2v) is 4.89. The van der Waals surface area contributed by atoms with E-state index in [1.165, 1.54) is 30.5 Å². The van der Waals surface area contributed by atoms with Crippen molar-refractivity contribution in [3.63, 3.8) is 0 Å². The molecule has 0 spiro atoms. The van der Waals surface area contributed by atoms with E-state index in [1.54, 1.807) is 0 Å². The maximum absolute atomic E-state index is 3.59. The number of rotatable bonds is 3. The highest BCUT2D eigenvalue weighted by atomic mass is 14.9. The van der Waals surface area contributed by atoms with Gasteiger partial charge < -0.3 is 5.32 Å². The van der Waals surface area contributed by atoms with Crippen molar-refractivity contribution in [3.8, 4) is 0 Å². The highest BCUT2D eigenvalue weighted by Gasteiger charge is 2.08. The molecule has 0 saturated heterocycles. The summed E-state index contributed by atoms with van der Waals surface area (Å²) in [6, 6.07) is 9.30. The Morgan fingerprint density at radius 3 is 2.88 bits per heavy atom. The minimum Gasteiger partial charge on any atom is -0.379 e. The number of anilines is 1. The maximum atomic E-state index is 3.59. The van der Waals surface area contributed by atoms with E-state index in [0.717, 1.165) is 0 Å². The molecule has 0 amide bonds. The van der Waals surface area contributed by atoms with Gasteiger partial charge in [-0.2, -0.15) is 0 Å². The van der Waals surface area contributed by atoms with E-state index in [9.17, 15) is 0 Å². The van der Waals surface area contributed by atoms with Crippen LogP contribution in [0.4, 0.5) is 5.69 Å². The molecule has 1 nitrogen and oxygen atoms in total. The second kappa shape index (κ2) is 5.20. The van der Waals surface area contributed by atoms with Gasteiger partial charge in [-0.3, -0.25) is 0 Å². The maximum Gasteiger partial charge on any atom is 0.0444 e. The lowest BCUT2D eigenvalue weighted by Gasteiger charge is -2.20. The molecule has 1 unspecified atom stereocenters. The van der Waals surface area contributed by atoms with E-state index < -0.39 is 0 Å². The number of benzene rings is 1. The van der Waals surface area contributed by atoms with E-state index in [1.807, 2.05) is 0 Å². The lowest BCUT2D eigenvalue weighted by atomic mass is 10.0. The van der Waals surface area contributed by atoms with E-state index in [0.29, 0.717) is 12.0 Å². The molecule has 0 aliphatic heterocycles. The first-order chi connectivity index (χ1) is 7.75. The summed E-state index contributed by atoms with van der Waals surface area (Å²) < 4.78 is 0. The van der Waals surface area contributed by atoms with Crippen molar-refractivity contribution in [2.75, 3.05) is 5.32 Å². The molecule has 1 N–H and O–H groups in total. The first-order valence-corrected chi connectivity index (χ1v) is 6.29. The highest BCUT2D eigenvalue weighted by Crippen LogP contribution is 2.21. The fourth-order valence-electron chi connectivity index (χ4n) is 2.13. The molecule has 1 aromatic rings. The number of allylic oxidation sites excluding steroid dienone is 1. The molecule has 1 aliphatic rings. The second-order valence-electron chi connectivity index (χ2n) is 4.89. The Morgan fingerprint density at radius 1 is 1.31 bits per heavy atom. The predicted molar refractivity (Wildman–Crippen MR) is 70.9 cm³/mol. The average molecular weight is 215 g/mol. The molecule has 1 atom stereocenters. The van der Waals surface area contributed by atoms with E-state index in [-0.39, 0.29) is 0 Å². The Bertz CT molecular complexity index is 365. The fraction of sp³-hybridized carbons (Fsp3) is 0.467. The Balaban J connectivity index is 2.06. The molecule has 1 aliphatic carbocycles. The van der Waals surface area contributed by atoms with Gasteiger partial charge in [0.2, 0.25) is 0 Å². The number of nitrogens with one attached hydrogen (secondary N) is 1. The minimum atomic E-state index is 0.524. The summed E-state index contributed by atoms with van der Waals surface area (Å²) in [5.74, 6) is 0.601. The normalized spacial score (nSPS) is 20.1. The number of hydrogen-bond donors (Lipinski definition) is 1. The molecule has 0 radical (unpaired) electrons. The summed E-state index contributed by atoms with van der Waals surface area (Å²) in [5.41, 5.74) is 2.66. The molecular weight excluding hydrogens is 194 g/mol. The van der Waals surface area contributed by atoms with Gasteiger partial charge in [-0.25, -0.2) is 0 Å². The fourth-order valence-corrected chi connectivity index (χ4v) is 2.13. The lowest BCUT2D eigenvalue weighted by Crippen LogP contribution is -2.18. The van der Waals surface area contributed by atoms with Crippen molar-refractivity contribution < 1.29 is 0 Å². The van der Waals surface area contributed by atoms with Gasteiger partial charge in [0, 0.05) is 11.7 Å². The van der Waals surface area contributed by atoms with E-state index >= 15 is 0 Å². The van der Waals surface area contributed by atoms with Gasteiger partial charge in [-0.1, -0.05) is 38.1 Å². The Hall–Kier alpha value is -1.24. The first-order valence-electron chi connectivity index (χ1n) is 6.29. The molecule has 1 aromatic carbocycles. The van der Waals surface area contributed by atoms with Gasteiger partial charge in [0.25, 0.3) is 0 Å². The van der Waals surface area contributed by atoms with Gasteiger partial charge in [0.05, 0.1) is 0 Å². The summed E-state index contributed by atoms with van der Waals surface area (Å²) in [7, 11) is 0. The van der Waals surface area contributed by atoms with Crippen molar-refractivity contribution >= 4 is 5.69 Å². The predicted octanol–water partition coefficient (Wildman–Crippen LogP) is 4.33. The molecule has 0 bridgehead atoms. The lowest BCUT2D eigenvalue weighted by molar-refractivity contribution is 0.673. The summed E-state index contributed by atoms with van der Waals surface area (Å²) >= 11 is 0. The molecule has 1 heteroatoms. The summed E-state index contributed by atoms with van der Waals surface area (Å²) in [6.45, 7) is 4.47. The zero-order chi connectivity index (χ0) is 11.4. The molecule has 0 fully saturated rings. The van der Waals surface area contributed by atoms with Crippen molar-refractivity contribution in [1.82, 2.24) is 0 Å². The standard InChI is InChI=1S/C15H21N/c1-12(2)13-7-6-10-15(11-13)16-14-8-4-3-5-9-14/h4,6-8,10-12,14,16H,3,5,9H2,1-2H3. The van der Waals surface area contributed by atoms with Crippen LogP contribution < -0.4 is 5.32 Å². The molecule has 16 heavy (non-hydrogen) atoms. The summed E-state index contributed by atoms with van der Waals surface area (Å²) in [6.07, 6.45) is 8.38. The van der Waals surface area contributed by atoms with Gasteiger partial charge in [0.1, 0.15) is 0 Å². The van der Waals surface area contributed by atoms with Crippen molar-refractivity contribution in [2.24, 2.45) is 0 Å². The van der Waals surface area contributed by atoms with E-state index in [4.69, 9.17) is 0 Å². The zero-order valence-corrected chi connectivity index (χ0v) is 10.2. The third-order valence-corrected chi connectivity index (χ3v) is 3.16. The minimum absolute atomic E-state index is 0.524.